The lowest BCUT2D eigenvalue weighted by atomic mass is 10.0. The van der Waals surface area contributed by atoms with Crippen LogP contribution < -0.4 is 10.1 Å². The van der Waals surface area contributed by atoms with E-state index in [-0.39, 0.29) is 23.5 Å². The number of carboxylic acid groups (broad SMARTS) is 1. The third-order valence-electron chi connectivity index (χ3n) is 8.35. The van der Waals surface area contributed by atoms with Gasteiger partial charge in [0.2, 0.25) is 11.7 Å². The van der Waals surface area contributed by atoms with Crippen molar-refractivity contribution in [2.24, 2.45) is 0 Å². The molecular weight excluding hydrogens is 835 g/mol. The zero-order valence-electron chi connectivity index (χ0n) is 29.2. The maximum atomic E-state index is 15.3. The molecule has 2 heterocycles. The molecule has 55 heavy (non-hydrogen) atoms. The van der Waals surface area contributed by atoms with Crippen LogP contribution in [-0.2, 0) is 28.7 Å². The monoisotopic (exact) mass is 866 g/mol. The molecule has 10 nitrogen and oxygen atoms in total. The highest BCUT2D eigenvalue weighted by Gasteiger charge is 2.34. The number of benzene rings is 4. The second-order valence-electron chi connectivity index (χ2n) is 12.3. The number of carbonyl (C=O) groups excluding carboxylic acids is 2. The zero-order valence-corrected chi connectivity index (χ0v) is 31.3. The molecule has 1 aromatic heterocycles. The van der Waals surface area contributed by atoms with Crippen molar-refractivity contribution in [3.8, 4) is 17.1 Å². The maximum Gasteiger partial charge on any atom is 0.416 e. The van der Waals surface area contributed by atoms with Gasteiger partial charge in [-0.25, -0.2) is 4.39 Å². The lowest BCUT2D eigenvalue weighted by Gasteiger charge is -2.21. The van der Waals surface area contributed by atoms with Crippen LogP contribution in [0.25, 0.3) is 17.0 Å². The first-order valence-corrected chi connectivity index (χ1v) is 18.8. The number of aryl methyl sites for hydroxylation is 1. The van der Waals surface area contributed by atoms with Crippen molar-refractivity contribution in [1.29, 1.82) is 0 Å². The van der Waals surface area contributed by atoms with Gasteiger partial charge >= 0.3 is 12.1 Å². The van der Waals surface area contributed by atoms with Gasteiger partial charge in [-0.05, 0) is 70.2 Å². The predicted octanol–water partition coefficient (Wildman–Crippen LogP) is 8.22. The minimum absolute atomic E-state index is 0.0377. The summed E-state index contributed by atoms with van der Waals surface area (Å²) in [5.74, 6) is -3.53. The second-order valence-corrected chi connectivity index (χ2v) is 14.7. The normalized spacial score (nSPS) is 12.6. The van der Waals surface area contributed by atoms with E-state index in [4.69, 9.17) is 9.26 Å². The molecule has 1 aliphatic heterocycles. The number of hydrogen-bond donors (Lipinski definition) is 2. The van der Waals surface area contributed by atoms with Crippen molar-refractivity contribution in [3.05, 3.63) is 146 Å². The predicted molar refractivity (Wildman–Crippen MR) is 205 cm³/mol. The number of halogens is 5. The Kier molecular flexibility index (Phi) is 11.7. The Balaban J connectivity index is 1.11. The Hall–Kier alpha value is -5.97. The molecule has 0 aliphatic carbocycles. The fourth-order valence-electron chi connectivity index (χ4n) is 5.56. The number of nitrogens with one attached hydrogen (secondary N) is 1. The zero-order chi connectivity index (χ0) is 39.3. The molecule has 0 fully saturated rings. The van der Waals surface area contributed by atoms with Crippen LogP contribution >= 0.6 is 20.7 Å². The van der Waals surface area contributed by atoms with Crippen LogP contribution in [0.1, 0.15) is 44.1 Å². The number of methoxy groups -OCH3 is 1. The minimum Gasteiger partial charge on any atom is -0.497 e. The summed E-state index contributed by atoms with van der Waals surface area (Å²) in [5.41, 5.74) is 2.40. The molecule has 2 amide bonds. The van der Waals surface area contributed by atoms with Crippen molar-refractivity contribution < 1.29 is 46.3 Å². The van der Waals surface area contributed by atoms with Crippen LogP contribution in [0.5, 0.6) is 5.75 Å². The number of anilines is 1. The third kappa shape index (κ3) is 9.59. The summed E-state index contributed by atoms with van der Waals surface area (Å²) < 4.78 is 69.8. The first-order valence-electron chi connectivity index (χ1n) is 16.5. The second kappa shape index (κ2) is 16.6. The minimum atomic E-state index is -4.75. The van der Waals surface area contributed by atoms with E-state index in [0.29, 0.717) is 22.8 Å². The molecule has 5 aromatic rings. The highest BCUT2D eigenvalue weighted by Crippen LogP contribution is 2.35. The molecule has 0 saturated carbocycles. The van der Waals surface area contributed by atoms with Gasteiger partial charge in [0.25, 0.3) is 11.8 Å². The van der Waals surface area contributed by atoms with Crippen LogP contribution in [-0.4, -0.2) is 55.1 Å². The number of hydrogen-bond acceptors (Lipinski definition) is 7. The molecule has 0 unspecified atom stereocenters. The summed E-state index contributed by atoms with van der Waals surface area (Å²) >= 11 is -0.426. The quantitative estimate of drug-likeness (QED) is 0.0947. The lowest BCUT2D eigenvalue weighted by Crippen LogP contribution is -2.35. The number of allylic oxidation sites excluding steroid dienone is 3. The van der Waals surface area contributed by atoms with Gasteiger partial charge in [0.05, 0.1) is 24.7 Å². The van der Waals surface area contributed by atoms with Crippen LogP contribution in [0.15, 0.2) is 106 Å². The standard InChI is InChI=1S/C40H31F4IN4O6/c1-23-3-7-25(8-4-23)34-16-12-28(20-45-34)38-47-37(48-55-38)26-9-5-24(6-10-26)21-49(22-36(51)52)39(53)31-15-13-29(18-33(31)41)46-35(50)17-27-11-14-30(54-2)19-32(27)40(42,43)44/h3-16,18-20H,17,21-22H2,1-2H3,(H,46,50)(H,51,52). The van der Waals surface area contributed by atoms with Crippen LogP contribution in [0, 0.1) is 12.7 Å². The Bertz CT molecular complexity index is 2350. The highest BCUT2D eigenvalue weighted by molar-refractivity contribution is 14.2. The van der Waals surface area contributed by atoms with Gasteiger partial charge < -0.3 is 24.6 Å². The van der Waals surface area contributed by atoms with Crippen molar-refractivity contribution in [1.82, 2.24) is 15.0 Å². The number of aromatic nitrogens is 2. The molecule has 282 valence electrons. The van der Waals surface area contributed by atoms with E-state index in [1.165, 1.54) is 33.9 Å². The van der Waals surface area contributed by atoms with Crippen molar-refractivity contribution in [2.75, 3.05) is 19.0 Å². The maximum absolute atomic E-state index is 15.3. The number of nitrogens with zero attached hydrogens (tertiary/aromatic N) is 3. The number of carboxylic acids is 1. The SMILES string of the molecule is COc1ccc(CC(=O)Nc2ccc(C(=O)N(CC(=O)O)Cc3ccc(-c4noc(C5=CI=C(c6ccc(C)cc6)C=C5)n4)cc3)c(F)c2)c(C(F)(F)F)c1. The fraction of sp³-hybridized carbons (Fsp3) is 0.150. The lowest BCUT2D eigenvalue weighted by molar-refractivity contribution is -0.139. The van der Waals surface area contributed by atoms with Gasteiger partial charge in [0, 0.05) is 26.9 Å². The molecule has 1 aliphatic rings. The molecule has 4 aromatic carbocycles. The Morgan fingerprint density at radius 1 is 0.945 bits per heavy atom. The van der Waals surface area contributed by atoms with Crippen LogP contribution in [0.2, 0.25) is 0 Å². The van der Waals surface area contributed by atoms with E-state index < -0.39 is 74.6 Å². The van der Waals surface area contributed by atoms with Gasteiger partial charge in [-0.2, -0.15) is 18.2 Å². The summed E-state index contributed by atoms with van der Waals surface area (Å²) in [6, 6.07) is 21.3. The fourth-order valence-corrected chi connectivity index (χ4v) is 7.81. The van der Waals surface area contributed by atoms with Crippen molar-refractivity contribution in [2.45, 2.75) is 26.1 Å². The summed E-state index contributed by atoms with van der Waals surface area (Å²) in [5, 5.41) is 16.0. The Labute approximate surface area is 321 Å². The van der Waals surface area contributed by atoms with E-state index in [9.17, 15) is 32.7 Å². The molecule has 0 atom stereocenters. The van der Waals surface area contributed by atoms with Gasteiger partial charge in [0.1, 0.15) is 18.1 Å². The molecule has 2 N–H and O–H groups in total. The number of amides is 2. The van der Waals surface area contributed by atoms with Gasteiger partial charge in [-0.15, -0.1) is 0 Å². The topological polar surface area (TPSA) is 135 Å². The van der Waals surface area contributed by atoms with Crippen LogP contribution in [0.3, 0.4) is 0 Å². The smallest absolute Gasteiger partial charge is 0.416 e. The van der Waals surface area contributed by atoms with Gasteiger partial charge in [0.15, 0.2) is 0 Å². The molecule has 0 radical (unpaired) electrons. The number of rotatable bonds is 12. The molecule has 0 saturated heterocycles. The molecule has 15 heteroatoms. The Morgan fingerprint density at radius 3 is 2.31 bits per heavy atom. The van der Waals surface area contributed by atoms with Gasteiger partial charge in [-0.1, -0.05) is 86.0 Å². The summed E-state index contributed by atoms with van der Waals surface area (Å²) in [6.07, 6.45) is -1.41. The number of alkyl halides is 3. The summed E-state index contributed by atoms with van der Waals surface area (Å²) in [7, 11) is 1.21. The number of ether oxygens (including phenoxy) is 1. The van der Waals surface area contributed by atoms with E-state index >= 15 is 4.39 Å². The molecule has 6 rings (SSSR count). The van der Waals surface area contributed by atoms with Gasteiger partial charge in [-0.3, -0.25) is 14.4 Å². The highest BCUT2D eigenvalue weighted by atomic mass is 127. The van der Waals surface area contributed by atoms with E-state index in [0.717, 1.165) is 34.7 Å². The summed E-state index contributed by atoms with van der Waals surface area (Å²) in [6.45, 7) is 1.11. The average molecular weight is 867 g/mol. The van der Waals surface area contributed by atoms with E-state index in [2.05, 4.69) is 49.9 Å². The molecule has 0 spiro atoms. The number of aliphatic carboxylic acids is 1. The number of carbonyl (C=O) groups is 3. The first kappa shape index (κ1) is 38.7. The van der Waals surface area contributed by atoms with Crippen molar-refractivity contribution >= 4 is 53.3 Å². The van der Waals surface area contributed by atoms with E-state index in [1.807, 2.05) is 13.0 Å². The third-order valence-corrected chi connectivity index (χ3v) is 11.0. The summed E-state index contributed by atoms with van der Waals surface area (Å²) in [4.78, 5) is 43.2. The largest absolute Gasteiger partial charge is 0.497 e. The van der Waals surface area contributed by atoms with E-state index in [1.54, 1.807) is 24.3 Å². The van der Waals surface area contributed by atoms with Crippen LogP contribution in [0.4, 0.5) is 23.2 Å². The molecule has 0 bridgehead atoms. The first-order chi connectivity index (χ1) is 26.3. The Morgan fingerprint density at radius 2 is 1.67 bits per heavy atom. The average Bonchev–Trinajstić information content (AvgIpc) is 3.65. The van der Waals surface area contributed by atoms with Crippen molar-refractivity contribution in [3.63, 3.8) is 0 Å². The molecular formula is C40H31F4IN4O6.